The fourth-order valence-corrected chi connectivity index (χ4v) is 3.50. The van der Waals surface area contributed by atoms with Gasteiger partial charge in [-0.3, -0.25) is 4.79 Å². The summed E-state index contributed by atoms with van der Waals surface area (Å²) in [5, 5.41) is 0. The lowest BCUT2D eigenvalue weighted by atomic mass is 9.88. The summed E-state index contributed by atoms with van der Waals surface area (Å²) in [6.45, 7) is 1.66. The molecule has 0 aromatic carbocycles. The average molecular weight is 225 g/mol. The number of nitrogens with two attached hydrogens (primary N) is 2. The fourth-order valence-electron chi connectivity index (χ4n) is 3.50. The van der Waals surface area contributed by atoms with E-state index in [9.17, 15) is 4.79 Å². The predicted octanol–water partition coefficient (Wildman–Crippen LogP) is 0.167. The van der Waals surface area contributed by atoms with Gasteiger partial charge in [-0.1, -0.05) is 6.42 Å². The molecule has 4 N–H and O–H groups in total. The quantitative estimate of drug-likeness (QED) is 0.700. The molecule has 0 radical (unpaired) electrons. The van der Waals surface area contributed by atoms with E-state index < -0.39 is 11.9 Å². The van der Waals surface area contributed by atoms with Gasteiger partial charge in [-0.25, -0.2) is 0 Å². The number of fused-ring (bicyclic) bond motifs is 2. The molecule has 0 aromatic rings. The molecule has 0 spiro atoms. The van der Waals surface area contributed by atoms with Gasteiger partial charge in [0.15, 0.2) is 0 Å². The minimum atomic E-state index is -0.524. The van der Waals surface area contributed by atoms with Gasteiger partial charge in [-0.15, -0.1) is 0 Å². The van der Waals surface area contributed by atoms with Gasteiger partial charge < -0.3 is 16.4 Å². The van der Waals surface area contributed by atoms with Gasteiger partial charge in [0.1, 0.15) is 0 Å². The van der Waals surface area contributed by atoms with Crippen LogP contribution in [0.5, 0.6) is 0 Å². The number of likely N-dealkylation sites (N-methyl/N-ethyl adjacent to an activating group) is 1. The second-order valence-corrected chi connectivity index (χ2v) is 5.67. The SMILES string of the molecule is CN(CC(N)C(N)=O)CC1CC2CCC1C2. The van der Waals surface area contributed by atoms with Gasteiger partial charge in [0.05, 0.1) is 6.04 Å². The van der Waals surface area contributed by atoms with Gasteiger partial charge in [0.2, 0.25) is 5.91 Å². The number of nitrogens with zero attached hydrogens (tertiary/aromatic N) is 1. The molecule has 2 aliphatic carbocycles. The molecule has 1 amide bonds. The van der Waals surface area contributed by atoms with Crippen LogP contribution in [-0.2, 0) is 4.79 Å². The molecular weight excluding hydrogens is 202 g/mol. The summed E-state index contributed by atoms with van der Waals surface area (Å²) < 4.78 is 0. The van der Waals surface area contributed by atoms with Gasteiger partial charge >= 0.3 is 0 Å². The number of rotatable bonds is 5. The lowest BCUT2D eigenvalue weighted by Crippen LogP contribution is -2.46. The van der Waals surface area contributed by atoms with Crippen molar-refractivity contribution in [3.63, 3.8) is 0 Å². The highest BCUT2D eigenvalue weighted by Gasteiger charge is 2.39. The molecule has 16 heavy (non-hydrogen) atoms. The normalized spacial score (nSPS) is 34.6. The van der Waals surface area contributed by atoms with E-state index in [1.54, 1.807) is 0 Å². The average Bonchev–Trinajstić information content (AvgIpc) is 2.78. The zero-order valence-electron chi connectivity index (χ0n) is 10.1. The Morgan fingerprint density at radius 2 is 2.19 bits per heavy atom. The van der Waals surface area contributed by atoms with Crippen molar-refractivity contribution in [2.45, 2.75) is 31.7 Å². The summed E-state index contributed by atoms with van der Waals surface area (Å²) in [6.07, 6.45) is 5.65. The largest absolute Gasteiger partial charge is 0.368 e. The third-order valence-electron chi connectivity index (χ3n) is 4.30. The highest BCUT2D eigenvalue weighted by atomic mass is 16.1. The number of carbonyl (C=O) groups is 1. The monoisotopic (exact) mass is 225 g/mol. The van der Waals surface area contributed by atoms with Crippen molar-refractivity contribution in [1.29, 1.82) is 0 Å². The van der Waals surface area contributed by atoms with Crippen LogP contribution in [0.3, 0.4) is 0 Å². The van der Waals surface area contributed by atoms with Crippen molar-refractivity contribution < 1.29 is 4.79 Å². The van der Waals surface area contributed by atoms with Crippen LogP contribution in [0.4, 0.5) is 0 Å². The molecule has 2 saturated carbocycles. The summed E-state index contributed by atoms with van der Waals surface area (Å²) in [6, 6.07) is -0.524. The summed E-state index contributed by atoms with van der Waals surface area (Å²) >= 11 is 0. The molecule has 92 valence electrons. The van der Waals surface area contributed by atoms with E-state index in [2.05, 4.69) is 4.90 Å². The van der Waals surface area contributed by atoms with Crippen LogP contribution in [0.2, 0.25) is 0 Å². The van der Waals surface area contributed by atoms with Gasteiger partial charge in [-0.05, 0) is 44.1 Å². The zero-order valence-corrected chi connectivity index (χ0v) is 10.1. The molecule has 0 saturated heterocycles. The van der Waals surface area contributed by atoms with Crippen molar-refractivity contribution in [3.8, 4) is 0 Å². The van der Waals surface area contributed by atoms with Gasteiger partial charge in [0.25, 0.3) is 0 Å². The van der Waals surface area contributed by atoms with Gasteiger partial charge in [0, 0.05) is 13.1 Å². The highest BCUT2D eigenvalue weighted by molar-refractivity contribution is 5.79. The molecular formula is C12H23N3O. The molecule has 2 bridgehead atoms. The second-order valence-electron chi connectivity index (χ2n) is 5.67. The number of amides is 1. The molecule has 2 rings (SSSR count). The molecule has 0 aromatic heterocycles. The van der Waals surface area contributed by atoms with Crippen molar-refractivity contribution in [3.05, 3.63) is 0 Å². The summed E-state index contributed by atoms with van der Waals surface area (Å²) in [5.74, 6) is 2.33. The molecule has 4 nitrogen and oxygen atoms in total. The number of hydrogen-bond acceptors (Lipinski definition) is 3. The fraction of sp³-hybridized carbons (Fsp3) is 0.917. The lowest BCUT2D eigenvalue weighted by molar-refractivity contribution is -0.119. The van der Waals surface area contributed by atoms with Crippen LogP contribution in [0.25, 0.3) is 0 Å². The standard InChI is InChI=1S/C12H23N3O/c1-15(7-11(13)12(14)16)6-10-5-8-2-3-9(10)4-8/h8-11H,2-7,13H2,1H3,(H2,14,16). The third-order valence-corrected chi connectivity index (χ3v) is 4.30. The number of primary amides is 1. The summed E-state index contributed by atoms with van der Waals surface area (Å²) in [7, 11) is 2.04. The molecule has 2 aliphatic rings. The summed E-state index contributed by atoms with van der Waals surface area (Å²) in [5.41, 5.74) is 10.8. The first-order valence-corrected chi connectivity index (χ1v) is 6.29. The van der Waals surface area contributed by atoms with E-state index in [0.29, 0.717) is 6.54 Å². The van der Waals surface area contributed by atoms with Crippen LogP contribution >= 0.6 is 0 Å². The Bertz CT molecular complexity index is 269. The lowest BCUT2D eigenvalue weighted by Gasteiger charge is -2.28. The smallest absolute Gasteiger partial charge is 0.235 e. The van der Waals surface area contributed by atoms with Crippen LogP contribution in [0, 0.1) is 17.8 Å². The highest BCUT2D eigenvalue weighted by Crippen LogP contribution is 2.48. The van der Waals surface area contributed by atoms with Crippen molar-refractivity contribution in [1.82, 2.24) is 4.90 Å². The van der Waals surface area contributed by atoms with Crippen LogP contribution in [-0.4, -0.2) is 37.0 Å². The van der Waals surface area contributed by atoms with E-state index in [1.165, 1.54) is 25.7 Å². The minimum absolute atomic E-state index is 0.403. The second kappa shape index (κ2) is 4.72. The Labute approximate surface area is 97.3 Å². The van der Waals surface area contributed by atoms with E-state index >= 15 is 0 Å². The Balaban J connectivity index is 1.75. The van der Waals surface area contributed by atoms with Crippen LogP contribution in [0.15, 0.2) is 0 Å². The van der Waals surface area contributed by atoms with Crippen LogP contribution < -0.4 is 11.5 Å². The first-order chi connectivity index (χ1) is 7.56. The zero-order chi connectivity index (χ0) is 11.7. The number of carbonyl (C=O) groups excluding carboxylic acids is 1. The maximum absolute atomic E-state index is 10.9. The molecule has 0 aliphatic heterocycles. The Morgan fingerprint density at radius 1 is 1.44 bits per heavy atom. The van der Waals surface area contributed by atoms with E-state index in [0.717, 1.165) is 24.3 Å². The first-order valence-electron chi connectivity index (χ1n) is 6.29. The molecule has 4 atom stereocenters. The molecule has 0 heterocycles. The Kier molecular flexibility index (Phi) is 3.50. The molecule has 2 fully saturated rings. The maximum Gasteiger partial charge on any atom is 0.235 e. The summed E-state index contributed by atoms with van der Waals surface area (Å²) in [4.78, 5) is 13.0. The maximum atomic E-state index is 10.9. The Morgan fingerprint density at radius 3 is 2.69 bits per heavy atom. The van der Waals surface area contributed by atoms with Crippen LogP contribution in [0.1, 0.15) is 25.7 Å². The van der Waals surface area contributed by atoms with Crippen molar-refractivity contribution in [2.24, 2.45) is 29.2 Å². The van der Waals surface area contributed by atoms with E-state index in [4.69, 9.17) is 11.5 Å². The third kappa shape index (κ3) is 2.55. The Hall–Kier alpha value is -0.610. The van der Waals surface area contributed by atoms with E-state index in [1.807, 2.05) is 7.05 Å². The van der Waals surface area contributed by atoms with Crippen molar-refractivity contribution in [2.75, 3.05) is 20.1 Å². The molecule has 4 unspecified atom stereocenters. The first kappa shape index (κ1) is 11.9. The topological polar surface area (TPSA) is 72.3 Å². The van der Waals surface area contributed by atoms with E-state index in [-0.39, 0.29) is 0 Å². The van der Waals surface area contributed by atoms with Crippen molar-refractivity contribution >= 4 is 5.91 Å². The minimum Gasteiger partial charge on any atom is -0.368 e. The predicted molar refractivity (Wildman–Crippen MR) is 63.6 cm³/mol. The van der Waals surface area contributed by atoms with Gasteiger partial charge in [-0.2, -0.15) is 0 Å². The molecule has 4 heteroatoms. The number of hydrogen-bond donors (Lipinski definition) is 2.